The van der Waals surface area contributed by atoms with E-state index in [-0.39, 0.29) is 0 Å². The van der Waals surface area contributed by atoms with Gasteiger partial charge in [-0.2, -0.15) is 0 Å². The highest BCUT2D eigenvalue weighted by atomic mass is 16.5. The van der Waals surface area contributed by atoms with Crippen LogP contribution in [0.1, 0.15) is 19.8 Å². The van der Waals surface area contributed by atoms with Crippen molar-refractivity contribution in [1.82, 2.24) is 0 Å². The maximum Gasteiger partial charge on any atom is 0.162 e. The molecule has 18 heavy (non-hydrogen) atoms. The second kappa shape index (κ2) is 6.50. The van der Waals surface area contributed by atoms with E-state index in [0.717, 1.165) is 43.2 Å². The summed E-state index contributed by atoms with van der Waals surface area (Å²) in [7, 11) is 1.66. The molecule has 1 aliphatic heterocycles. The summed E-state index contributed by atoms with van der Waals surface area (Å²) >= 11 is 0. The second-order valence-corrected chi connectivity index (χ2v) is 4.36. The average molecular weight is 251 g/mol. The van der Waals surface area contributed by atoms with E-state index in [1.54, 1.807) is 7.11 Å². The molecule has 0 amide bonds. The molecule has 1 aromatic rings. The Kier molecular flexibility index (Phi) is 4.70. The Morgan fingerprint density at radius 3 is 2.94 bits per heavy atom. The van der Waals surface area contributed by atoms with Gasteiger partial charge in [-0.3, -0.25) is 0 Å². The van der Waals surface area contributed by atoms with Crippen molar-refractivity contribution in [3.63, 3.8) is 0 Å². The Morgan fingerprint density at radius 2 is 2.28 bits per heavy atom. The van der Waals surface area contributed by atoms with Gasteiger partial charge in [0.05, 0.1) is 20.3 Å². The molecule has 4 heteroatoms. The van der Waals surface area contributed by atoms with Crippen LogP contribution in [-0.4, -0.2) is 33.0 Å². The van der Waals surface area contributed by atoms with E-state index in [0.29, 0.717) is 12.6 Å². The quantitative estimate of drug-likeness (QED) is 0.873. The third-order valence-electron chi connectivity index (χ3n) is 2.99. The van der Waals surface area contributed by atoms with Crippen LogP contribution in [0.3, 0.4) is 0 Å². The molecule has 1 atom stereocenters. The Hall–Kier alpha value is -1.42. The largest absolute Gasteiger partial charge is 0.493 e. The fourth-order valence-electron chi connectivity index (χ4n) is 2.12. The molecule has 1 fully saturated rings. The van der Waals surface area contributed by atoms with Crippen LogP contribution in [0.25, 0.3) is 0 Å². The minimum absolute atomic E-state index is 0.390. The number of methoxy groups -OCH3 is 1. The van der Waals surface area contributed by atoms with Crippen molar-refractivity contribution in [3.05, 3.63) is 18.2 Å². The minimum Gasteiger partial charge on any atom is -0.493 e. The van der Waals surface area contributed by atoms with E-state index in [2.05, 4.69) is 5.32 Å². The predicted molar refractivity (Wildman–Crippen MR) is 71.6 cm³/mol. The van der Waals surface area contributed by atoms with Gasteiger partial charge in [-0.1, -0.05) is 0 Å². The summed E-state index contributed by atoms with van der Waals surface area (Å²) in [6.07, 6.45) is 2.27. The Labute approximate surface area is 108 Å². The number of anilines is 1. The van der Waals surface area contributed by atoms with Gasteiger partial charge < -0.3 is 19.5 Å². The lowest BCUT2D eigenvalue weighted by molar-refractivity contribution is 0.0876. The van der Waals surface area contributed by atoms with E-state index in [9.17, 15) is 0 Å². The summed E-state index contributed by atoms with van der Waals surface area (Å²) in [5.41, 5.74) is 1.05. The van der Waals surface area contributed by atoms with Gasteiger partial charge in [0, 0.05) is 24.4 Å². The standard InChI is InChI=1S/C14H21NO3/c1-3-18-13-7-6-11(9-14(13)16-2)15-12-5-4-8-17-10-12/h6-7,9,12,15H,3-5,8,10H2,1-2H3. The van der Waals surface area contributed by atoms with Gasteiger partial charge in [0.2, 0.25) is 0 Å². The zero-order valence-corrected chi connectivity index (χ0v) is 11.1. The third kappa shape index (κ3) is 3.29. The summed E-state index contributed by atoms with van der Waals surface area (Å²) in [4.78, 5) is 0. The zero-order chi connectivity index (χ0) is 12.8. The lowest BCUT2D eigenvalue weighted by Crippen LogP contribution is -2.29. The first-order valence-corrected chi connectivity index (χ1v) is 6.48. The molecular weight excluding hydrogens is 230 g/mol. The fourth-order valence-corrected chi connectivity index (χ4v) is 2.12. The van der Waals surface area contributed by atoms with Crippen LogP contribution in [0.2, 0.25) is 0 Å². The van der Waals surface area contributed by atoms with Gasteiger partial charge in [-0.15, -0.1) is 0 Å². The summed E-state index contributed by atoms with van der Waals surface area (Å²) in [6, 6.07) is 6.32. The van der Waals surface area contributed by atoms with Crippen molar-refractivity contribution >= 4 is 5.69 Å². The minimum atomic E-state index is 0.390. The zero-order valence-electron chi connectivity index (χ0n) is 11.1. The summed E-state index contributed by atoms with van der Waals surface area (Å²) in [5.74, 6) is 1.55. The van der Waals surface area contributed by atoms with E-state index in [1.807, 2.05) is 25.1 Å². The lowest BCUT2D eigenvalue weighted by atomic mass is 10.1. The summed E-state index contributed by atoms with van der Waals surface area (Å²) in [5, 5.41) is 3.46. The molecule has 0 radical (unpaired) electrons. The lowest BCUT2D eigenvalue weighted by Gasteiger charge is -2.24. The molecular formula is C14H21NO3. The third-order valence-corrected chi connectivity index (χ3v) is 2.99. The van der Waals surface area contributed by atoms with Gasteiger partial charge >= 0.3 is 0 Å². The number of hydrogen-bond acceptors (Lipinski definition) is 4. The predicted octanol–water partition coefficient (Wildman–Crippen LogP) is 2.68. The van der Waals surface area contributed by atoms with E-state index in [1.165, 1.54) is 0 Å². The number of hydrogen-bond donors (Lipinski definition) is 1. The molecule has 0 saturated carbocycles. The Balaban J connectivity index is 2.04. The molecule has 2 rings (SSSR count). The molecule has 1 unspecified atom stereocenters. The number of benzene rings is 1. The highest BCUT2D eigenvalue weighted by Crippen LogP contribution is 2.30. The van der Waals surface area contributed by atoms with Crippen LogP contribution in [0.5, 0.6) is 11.5 Å². The van der Waals surface area contributed by atoms with Crippen LogP contribution < -0.4 is 14.8 Å². The SMILES string of the molecule is CCOc1ccc(NC2CCCOC2)cc1OC. The van der Waals surface area contributed by atoms with E-state index < -0.39 is 0 Å². The van der Waals surface area contributed by atoms with Crippen LogP contribution in [0.4, 0.5) is 5.69 Å². The van der Waals surface area contributed by atoms with E-state index >= 15 is 0 Å². The maximum atomic E-state index is 5.50. The molecule has 1 aromatic carbocycles. The maximum absolute atomic E-state index is 5.50. The molecule has 1 N–H and O–H groups in total. The molecule has 0 aliphatic carbocycles. The van der Waals surface area contributed by atoms with Crippen molar-refractivity contribution in [2.24, 2.45) is 0 Å². The van der Waals surface area contributed by atoms with Crippen molar-refractivity contribution in [3.8, 4) is 11.5 Å². The van der Waals surface area contributed by atoms with Gasteiger partial charge in [-0.25, -0.2) is 0 Å². The highest BCUT2D eigenvalue weighted by molar-refractivity contribution is 5.55. The first kappa shape index (κ1) is 13.0. The number of rotatable bonds is 5. The van der Waals surface area contributed by atoms with Crippen molar-refractivity contribution < 1.29 is 14.2 Å². The van der Waals surface area contributed by atoms with Crippen LogP contribution in [-0.2, 0) is 4.74 Å². The topological polar surface area (TPSA) is 39.7 Å². The fraction of sp³-hybridized carbons (Fsp3) is 0.571. The smallest absolute Gasteiger partial charge is 0.162 e. The monoisotopic (exact) mass is 251 g/mol. The van der Waals surface area contributed by atoms with Gasteiger partial charge in [0.1, 0.15) is 0 Å². The van der Waals surface area contributed by atoms with Crippen LogP contribution >= 0.6 is 0 Å². The number of nitrogens with one attached hydrogen (secondary N) is 1. The molecule has 1 aliphatic rings. The number of ether oxygens (including phenoxy) is 3. The molecule has 0 bridgehead atoms. The van der Waals surface area contributed by atoms with E-state index in [4.69, 9.17) is 14.2 Å². The first-order valence-electron chi connectivity index (χ1n) is 6.48. The molecule has 1 saturated heterocycles. The van der Waals surface area contributed by atoms with Crippen LogP contribution in [0, 0.1) is 0 Å². The van der Waals surface area contributed by atoms with Crippen molar-refractivity contribution in [2.45, 2.75) is 25.8 Å². The molecule has 1 heterocycles. The van der Waals surface area contributed by atoms with Crippen molar-refractivity contribution in [2.75, 3.05) is 32.2 Å². The summed E-state index contributed by atoms with van der Waals surface area (Å²) < 4.78 is 16.3. The van der Waals surface area contributed by atoms with Crippen LogP contribution in [0.15, 0.2) is 18.2 Å². The second-order valence-electron chi connectivity index (χ2n) is 4.36. The normalized spacial score (nSPS) is 19.3. The first-order chi connectivity index (χ1) is 8.83. The van der Waals surface area contributed by atoms with Gasteiger partial charge in [-0.05, 0) is 31.9 Å². The van der Waals surface area contributed by atoms with Gasteiger partial charge in [0.15, 0.2) is 11.5 Å². The molecule has 0 spiro atoms. The molecule has 0 aromatic heterocycles. The Bertz CT molecular complexity index is 375. The van der Waals surface area contributed by atoms with Gasteiger partial charge in [0.25, 0.3) is 0 Å². The highest BCUT2D eigenvalue weighted by Gasteiger charge is 2.14. The molecule has 100 valence electrons. The molecule has 4 nitrogen and oxygen atoms in total. The van der Waals surface area contributed by atoms with Crippen molar-refractivity contribution in [1.29, 1.82) is 0 Å². The average Bonchev–Trinajstić information content (AvgIpc) is 2.42. The Morgan fingerprint density at radius 1 is 1.39 bits per heavy atom. The summed E-state index contributed by atoms with van der Waals surface area (Å²) in [6.45, 7) is 4.25.